The number of carbonyl (C=O) groups is 1. The quantitative estimate of drug-likeness (QED) is 0.759. The Kier molecular flexibility index (Phi) is 4.59. The Balaban J connectivity index is 2.08. The van der Waals surface area contributed by atoms with Crippen molar-refractivity contribution >= 4 is 45.4 Å². The van der Waals surface area contributed by atoms with Gasteiger partial charge in [-0.25, -0.2) is 13.8 Å². The number of halogens is 3. The van der Waals surface area contributed by atoms with Crippen molar-refractivity contribution in [3.63, 3.8) is 0 Å². The maximum atomic E-state index is 14.2. The summed E-state index contributed by atoms with van der Waals surface area (Å²) in [6, 6.07) is 5.18. The zero-order valence-electron chi connectivity index (χ0n) is 12.4. The molecule has 0 bridgehead atoms. The number of nitrogens with zero attached hydrogens (tertiary/aromatic N) is 2. The molecule has 0 spiro atoms. The fourth-order valence-corrected chi connectivity index (χ4v) is 3.28. The number of hydrogen-bond acceptors (Lipinski definition) is 5. The summed E-state index contributed by atoms with van der Waals surface area (Å²) in [5.41, 5.74) is 5.36. The summed E-state index contributed by atoms with van der Waals surface area (Å²) in [4.78, 5) is 19.6. The number of amides is 1. The van der Waals surface area contributed by atoms with E-state index in [-0.39, 0.29) is 23.7 Å². The van der Waals surface area contributed by atoms with Gasteiger partial charge in [0.1, 0.15) is 22.5 Å². The summed E-state index contributed by atoms with van der Waals surface area (Å²) in [5.74, 6) is -1.42. The molecule has 5 nitrogen and oxygen atoms in total. The van der Waals surface area contributed by atoms with Crippen LogP contribution in [0.4, 0.5) is 13.8 Å². The Morgan fingerprint density at radius 3 is 2.71 bits per heavy atom. The molecule has 9 heteroatoms. The predicted molar refractivity (Wildman–Crippen MR) is 90.2 cm³/mol. The molecule has 0 saturated heterocycles. The molecule has 1 aromatic carbocycles. The molecule has 2 heterocycles. The lowest BCUT2D eigenvalue weighted by molar-refractivity contribution is -0.119. The van der Waals surface area contributed by atoms with Crippen LogP contribution >= 0.6 is 22.9 Å². The van der Waals surface area contributed by atoms with Crippen molar-refractivity contribution in [2.45, 2.75) is 6.92 Å². The smallest absolute Gasteiger partial charge is 0.235 e. The van der Waals surface area contributed by atoms with Crippen molar-refractivity contribution in [3.05, 3.63) is 51.4 Å². The van der Waals surface area contributed by atoms with Gasteiger partial charge in [0.2, 0.25) is 5.91 Å². The Morgan fingerprint density at radius 1 is 1.33 bits per heavy atom. The largest absolute Gasteiger partial charge is 0.284 e. The van der Waals surface area contributed by atoms with E-state index in [1.807, 2.05) is 0 Å². The molecule has 0 unspecified atom stereocenters. The summed E-state index contributed by atoms with van der Waals surface area (Å²) < 4.78 is 28.7. The minimum Gasteiger partial charge on any atom is -0.284 e. The van der Waals surface area contributed by atoms with Crippen LogP contribution in [0.5, 0.6) is 0 Å². The third-order valence-electron chi connectivity index (χ3n) is 3.14. The van der Waals surface area contributed by atoms with Gasteiger partial charge in [0, 0.05) is 12.5 Å². The van der Waals surface area contributed by atoms with Crippen LogP contribution < -0.4 is 10.9 Å². The van der Waals surface area contributed by atoms with Crippen molar-refractivity contribution in [1.82, 2.24) is 10.9 Å². The topological polar surface area (TPSA) is 65.8 Å². The molecule has 3 rings (SSSR count). The van der Waals surface area contributed by atoms with Gasteiger partial charge in [0.05, 0.1) is 22.2 Å². The maximum Gasteiger partial charge on any atom is 0.235 e. The Morgan fingerprint density at radius 2 is 2.04 bits per heavy atom. The van der Waals surface area contributed by atoms with Crippen molar-refractivity contribution in [2.75, 3.05) is 6.54 Å². The second kappa shape index (κ2) is 6.66. The van der Waals surface area contributed by atoms with Gasteiger partial charge >= 0.3 is 0 Å². The van der Waals surface area contributed by atoms with E-state index in [9.17, 15) is 13.6 Å². The second-order valence-corrected chi connectivity index (χ2v) is 6.56. The van der Waals surface area contributed by atoms with Crippen molar-refractivity contribution in [2.24, 2.45) is 9.98 Å². The number of thiophene rings is 1. The van der Waals surface area contributed by atoms with Gasteiger partial charge in [-0.3, -0.25) is 20.6 Å². The van der Waals surface area contributed by atoms with Crippen LogP contribution in [0.15, 0.2) is 34.3 Å². The van der Waals surface area contributed by atoms with E-state index < -0.39 is 11.6 Å². The van der Waals surface area contributed by atoms with Crippen LogP contribution in [0.1, 0.15) is 18.1 Å². The summed E-state index contributed by atoms with van der Waals surface area (Å²) >= 11 is 7.18. The number of rotatable bonds is 1. The van der Waals surface area contributed by atoms with E-state index >= 15 is 0 Å². The summed E-state index contributed by atoms with van der Waals surface area (Å²) in [7, 11) is 0. The van der Waals surface area contributed by atoms with E-state index in [1.165, 1.54) is 13.0 Å². The molecular formula is C15H11ClF2N4OS. The zero-order valence-corrected chi connectivity index (χ0v) is 13.9. The van der Waals surface area contributed by atoms with Gasteiger partial charge in [-0.2, -0.15) is 0 Å². The molecule has 0 fully saturated rings. The van der Waals surface area contributed by atoms with E-state index in [0.717, 1.165) is 23.5 Å². The van der Waals surface area contributed by atoms with E-state index in [0.29, 0.717) is 20.7 Å². The lowest BCUT2D eigenvalue weighted by Gasteiger charge is -2.08. The zero-order chi connectivity index (χ0) is 17.3. The highest BCUT2D eigenvalue weighted by Crippen LogP contribution is 2.37. The average molecular weight is 369 g/mol. The molecule has 2 N–H and O–H groups in total. The molecule has 1 amide bonds. The lowest BCUT2D eigenvalue weighted by Crippen LogP contribution is -2.41. The van der Waals surface area contributed by atoms with Crippen molar-refractivity contribution < 1.29 is 13.6 Å². The van der Waals surface area contributed by atoms with E-state index in [1.54, 1.807) is 6.07 Å². The molecule has 0 saturated carbocycles. The van der Waals surface area contributed by atoms with Crippen LogP contribution in [0.3, 0.4) is 0 Å². The summed E-state index contributed by atoms with van der Waals surface area (Å²) in [6.07, 6.45) is 0. The second-order valence-electron chi connectivity index (χ2n) is 4.90. The monoisotopic (exact) mass is 368 g/mol. The van der Waals surface area contributed by atoms with Gasteiger partial charge in [-0.15, -0.1) is 11.3 Å². The van der Waals surface area contributed by atoms with Gasteiger partial charge in [0.25, 0.3) is 0 Å². The minimum atomic E-state index is -0.722. The maximum absolute atomic E-state index is 14.2. The molecule has 0 aliphatic carbocycles. The number of fused-ring (bicyclic) bond motifs is 1. The van der Waals surface area contributed by atoms with Crippen LogP contribution in [0, 0.1) is 11.6 Å². The highest BCUT2D eigenvalue weighted by molar-refractivity contribution is 7.20. The lowest BCUT2D eigenvalue weighted by atomic mass is 10.0. The number of hydrogen-bond donors (Lipinski definition) is 2. The van der Waals surface area contributed by atoms with Crippen LogP contribution in [-0.4, -0.2) is 24.0 Å². The van der Waals surface area contributed by atoms with Crippen LogP contribution in [-0.2, 0) is 4.79 Å². The first kappa shape index (κ1) is 16.5. The van der Waals surface area contributed by atoms with Gasteiger partial charge in [-0.1, -0.05) is 17.7 Å². The predicted octanol–water partition coefficient (Wildman–Crippen LogP) is 3.20. The third kappa shape index (κ3) is 3.29. The van der Waals surface area contributed by atoms with Crippen LogP contribution in [0.2, 0.25) is 4.34 Å². The molecule has 124 valence electrons. The fourth-order valence-electron chi connectivity index (χ4n) is 2.17. The SMILES string of the molecule is CC(=O)NNC1=Nc2sc(Cl)cc2C(c2c(F)cccc2F)=NC1. The number of hydrazine groups is 1. The van der Waals surface area contributed by atoms with Crippen molar-refractivity contribution in [3.8, 4) is 0 Å². The normalized spacial score (nSPS) is 13.5. The first-order valence-electron chi connectivity index (χ1n) is 6.84. The first-order chi connectivity index (χ1) is 11.5. The summed E-state index contributed by atoms with van der Waals surface area (Å²) in [6.45, 7) is 1.35. The molecule has 0 atom stereocenters. The number of carbonyl (C=O) groups excluding carboxylic acids is 1. The summed E-state index contributed by atoms with van der Waals surface area (Å²) in [5, 5.41) is 0.451. The molecule has 0 radical (unpaired) electrons. The first-order valence-corrected chi connectivity index (χ1v) is 8.04. The number of nitrogens with one attached hydrogen (secondary N) is 2. The molecular weight excluding hydrogens is 358 g/mol. The Hall–Kier alpha value is -2.32. The van der Waals surface area contributed by atoms with Gasteiger partial charge in [0.15, 0.2) is 0 Å². The highest BCUT2D eigenvalue weighted by Gasteiger charge is 2.24. The van der Waals surface area contributed by atoms with Gasteiger partial charge in [-0.05, 0) is 18.2 Å². The van der Waals surface area contributed by atoms with E-state index in [2.05, 4.69) is 20.8 Å². The minimum absolute atomic E-state index is 0.0163. The van der Waals surface area contributed by atoms with E-state index in [4.69, 9.17) is 11.6 Å². The fraction of sp³-hybridized carbons (Fsp3) is 0.133. The van der Waals surface area contributed by atoms with Crippen molar-refractivity contribution in [1.29, 1.82) is 0 Å². The average Bonchev–Trinajstić information content (AvgIpc) is 2.79. The number of benzene rings is 1. The number of amidine groups is 1. The molecule has 1 aliphatic rings. The Bertz CT molecular complexity index is 858. The highest BCUT2D eigenvalue weighted by atomic mass is 35.5. The molecule has 1 aliphatic heterocycles. The molecule has 24 heavy (non-hydrogen) atoms. The van der Waals surface area contributed by atoms with Gasteiger partial charge < -0.3 is 0 Å². The molecule has 1 aromatic heterocycles. The number of aliphatic imine (C=N–C) groups is 2. The van der Waals surface area contributed by atoms with Crippen LogP contribution in [0.25, 0.3) is 0 Å². The standard InChI is InChI=1S/C15H11ClF2N4OS/c1-7(23)21-22-12-6-19-14(8-5-11(16)24-15(8)20-12)13-9(17)3-2-4-10(13)18/h2-5H,6H2,1H3,(H,20,22)(H,21,23). The Labute approximate surface area is 145 Å². The molecule has 2 aromatic rings. The third-order valence-corrected chi connectivity index (χ3v) is 4.30.